The number of H-pyrrole nitrogens is 1. The van der Waals surface area contributed by atoms with Crippen LogP contribution in [0.2, 0.25) is 0 Å². The molecule has 96 valence electrons. The third kappa shape index (κ3) is 2.45. The van der Waals surface area contributed by atoms with E-state index < -0.39 is 0 Å². The van der Waals surface area contributed by atoms with E-state index in [9.17, 15) is 4.39 Å². The maximum Gasteiger partial charge on any atom is 0.151 e. The van der Waals surface area contributed by atoms with Crippen molar-refractivity contribution < 1.29 is 9.13 Å². The molecule has 2 rings (SSSR count). The van der Waals surface area contributed by atoms with Crippen LogP contribution in [0.5, 0.6) is 5.75 Å². The predicted octanol–water partition coefficient (Wildman–Crippen LogP) is 2.79. The van der Waals surface area contributed by atoms with E-state index in [0.717, 1.165) is 17.1 Å². The molecule has 18 heavy (non-hydrogen) atoms. The maximum absolute atomic E-state index is 13.6. The third-order valence-electron chi connectivity index (χ3n) is 2.95. The van der Waals surface area contributed by atoms with Gasteiger partial charge in [-0.05, 0) is 32.0 Å². The Kier molecular flexibility index (Phi) is 3.50. The number of ether oxygens (including phenoxy) is 1. The third-order valence-corrected chi connectivity index (χ3v) is 2.95. The van der Waals surface area contributed by atoms with Crippen molar-refractivity contribution >= 4 is 5.82 Å². The molecule has 0 aliphatic carbocycles. The minimum absolute atomic E-state index is 0.256. The molecule has 5 heteroatoms. The van der Waals surface area contributed by atoms with Crippen LogP contribution in [-0.4, -0.2) is 17.3 Å². The molecular formula is C13H16FN3O. The van der Waals surface area contributed by atoms with E-state index in [1.54, 1.807) is 19.2 Å². The van der Waals surface area contributed by atoms with Gasteiger partial charge in [0.05, 0.1) is 7.11 Å². The zero-order valence-electron chi connectivity index (χ0n) is 10.7. The van der Waals surface area contributed by atoms with Gasteiger partial charge in [-0.2, -0.15) is 5.10 Å². The number of hydrogen-bond acceptors (Lipinski definition) is 3. The predicted molar refractivity (Wildman–Crippen MR) is 68.3 cm³/mol. The lowest BCUT2D eigenvalue weighted by Gasteiger charge is -2.07. The van der Waals surface area contributed by atoms with Crippen LogP contribution >= 0.6 is 0 Å². The van der Waals surface area contributed by atoms with E-state index >= 15 is 0 Å². The van der Waals surface area contributed by atoms with Gasteiger partial charge in [0.2, 0.25) is 0 Å². The smallest absolute Gasteiger partial charge is 0.151 e. The molecule has 0 aliphatic rings. The van der Waals surface area contributed by atoms with Gasteiger partial charge in [0.25, 0.3) is 0 Å². The lowest BCUT2D eigenvalue weighted by Crippen LogP contribution is -2.03. The zero-order valence-corrected chi connectivity index (χ0v) is 10.7. The Labute approximate surface area is 105 Å². The lowest BCUT2D eigenvalue weighted by molar-refractivity contribution is 0.413. The Bertz CT molecular complexity index is 551. The molecule has 2 N–H and O–H groups in total. The molecule has 0 saturated heterocycles. The Morgan fingerprint density at radius 1 is 1.39 bits per heavy atom. The highest BCUT2D eigenvalue weighted by Gasteiger charge is 2.07. The summed E-state index contributed by atoms with van der Waals surface area (Å²) in [5.74, 6) is 1.13. The van der Waals surface area contributed by atoms with Crippen molar-refractivity contribution in [1.82, 2.24) is 10.2 Å². The first-order valence-electron chi connectivity index (χ1n) is 5.69. The lowest BCUT2D eigenvalue weighted by atomic mass is 10.2. The Hall–Kier alpha value is -2.04. The van der Waals surface area contributed by atoms with Crippen molar-refractivity contribution in [3.05, 3.63) is 40.8 Å². The highest BCUT2D eigenvalue weighted by molar-refractivity contribution is 5.46. The van der Waals surface area contributed by atoms with Gasteiger partial charge in [-0.3, -0.25) is 5.10 Å². The van der Waals surface area contributed by atoms with E-state index in [4.69, 9.17) is 4.74 Å². The fraction of sp³-hybridized carbons (Fsp3) is 0.308. The number of benzene rings is 1. The number of rotatable bonds is 4. The van der Waals surface area contributed by atoms with Gasteiger partial charge in [-0.15, -0.1) is 0 Å². The summed E-state index contributed by atoms with van der Waals surface area (Å²) in [6.07, 6.45) is 0. The van der Waals surface area contributed by atoms with Crippen LogP contribution in [0.3, 0.4) is 0 Å². The number of halogens is 1. The fourth-order valence-corrected chi connectivity index (χ4v) is 1.65. The summed E-state index contributed by atoms with van der Waals surface area (Å²) in [7, 11) is 1.56. The summed E-state index contributed by atoms with van der Waals surface area (Å²) in [4.78, 5) is 0. The van der Waals surface area contributed by atoms with Crippen LogP contribution in [-0.2, 0) is 6.54 Å². The summed E-state index contributed by atoms with van der Waals surface area (Å²) in [5.41, 5.74) is 2.59. The number of nitrogens with zero attached hydrogens (tertiary/aromatic N) is 1. The standard InChI is InChI=1S/C13H16FN3O/c1-8-9(2)16-17-13(8)15-7-10-6-11(18-3)4-5-12(10)14/h4-6H,7H2,1-3H3,(H2,15,16,17). The van der Waals surface area contributed by atoms with Gasteiger partial charge in [0, 0.05) is 23.4 Å². The fourth-order valence-electron chi connectivity index (χ4n) is 1.65. The maximum atomic E-state index is 13.6. The highest BCUT2D eigenvalue weighted by Crippen LogP contribution is 2.19. The van der Waals surface area contributed by atoms with Gasteiger partial charge in [-0.25, -0.2) is 4.39 Å². The Morgan fingerprint density at radius 3 is 2.78 bits per heavy atom. The van der Waals surface area contributed by atoms with E-state index in [1.807, 2.05) is 13.8 Å². The summed E-state index contributed by atoms with van der Waals surface area (Å²) in [5, 5.41) is 10.1. The first-order valence-corrected chi connectivity index (χ1v) is 5.69. The largest absolute Gasteiger partial charge is 0.497 e. The van der Waals surface area contributed by atoms with Crippen LogP contribution in [0.15, 0.2) is 18.2 Å². The molecule has 0 bridgehead atoms. The molecule has 0 saturated carbocycles. The Morgan fingerprint density at radius 2 is 2.17 bits per heavy atom. The molecule has 1 aromatic carbocycles. The average molecular weight is 249 g/mol. The van der Waals surface area contributed by atoms with Crippen molar-refractivity contribution in [3.8, 4) is 5.75 Å². The summed E-state index contributed by atoms with van der Waals surface area (Å²) in [6, 6.07) is 4.68. The SMILES string of the molecule is COc1ccc(F)c(CNc2n[nH]c(C)c2C)c1. The number of aryl methyl sites for hydroxylation is 1. The van der Waals surface area contributed by atoms with Crippen molar-refractivity contribution in [2.24, 2.45) is 0 Å². The van der Waals surface area contributed by atoms with Crippen molar-refractivity contribution in [3.63, 3.8) is 0 Å². The summed E-state index contributed by atoms with van der Waals surface area (Å²) in [6.45, 7) is 4.27. The molecule has 0 unspecified atom stereocenters. The normalized spacial score (nSPS) is 10.4. The Balaban J connectivity index is 2.12. The van der Waals surface area contributed by atoms with Gasteiger partial charge in [-0.1, -0.05) is 0 Å². The highest BCUT2D eigenvalue weighted by atomic mass is 19.1. The number of aromatic nitrogens is 2. The molecule has 0 aliphatic heterocycles. The van der Waals surface area contributed by atoms with E-state index in [1.165, 1.54) is 6.07 Å². The topological polar surface area (TPSA) is 49.9 Å². The first-order chi connectivity index (χ1) is 8.61. The number of nitrogens with one attached hydrogen (secondary N) is 2. The van der Waals surface area contributed by atoms with Crippen molar-refractivity contribution in [2.75, 3.05) is 12.4 Å². The summed E-state index contributed by atoms with van der Waals surface area (Å²) >= 11 is 0. The number of methoxy groups -OCH3 is 1. The summed E-state index contributed by atoms with van der Waals surface area (Å²) < 4.78 is 18.7. The molecule has 0 spiro atoms. The zero-order chi connectivity index (χ0) is 13.1. The van der Waals surface area contributed by atoms with Crippen LogP contribution in [0.4, 0.5) is 10.2 Å². The second-order valence-corrected chi connectivity index (χ2v) is 4.13. The molecule has 0 radical (unpaired) electrons. The van der Waals surface area contributed by atoms with Crippen LogP contribution in [0.1, 0.15) is 16.8 Å². The van der Waals surface area contributed by atoms with Crippen LogP contribution < -0.4 is 10.1 Å². The van der Waals surface area contributed by atoms with Gasteiger partial charge >= 0.3 is 0 Å². The van der Waals surface area contributed by atoms with Crippen LogP contribution in [0.25, 0.3) is 0 Å². The van der Waals surface area contributed by atoms with Crippen LogP contribution in [0, 0.1) is 19.7 Å². The number of hydrogen-bond donors (Lipinski definition) is 2. The van der Waals surface area contributed by atoms with E-state index in [0.29, 0.717) is 17.9 Å². The van der Waals surface area contributed by atoms with Gasteiger partial charge in [0.15, 0.2) is 5.82 Å². The van der Waals surface area contributed by atoms with Crippen molar-refractivity contribution in [1.29, 1.82) is 0 Å². The molecule has 0 fully saturated rings. The molecule has 1 heterocycles. The molecule has 1 aromatic heterocycles. The first kappa shape index (κ1) is 12.4. The molecule has 2 aromatic rings. The number of anilines is 1. The van der Waals surface area contributed by atoms with Crippen molar-refractivity contribution in [2.45, 2.75) is 20.4 Å². The van der Waals surface area contributed by atoms with Gasteiger partial charge < -0.3 is 10.1 Å². The van der Waals surface area contributed by atoms with Gasteiger partial charge in [0.1, 0.15) is 11.6 Å². The molecular weight excluding hydrogens is 233 g/mol. The number of aromatic amines is 1. The molecule has 0 atom stereocenters. The minimum atomic E-state index is -0.256. The molecule has 0 amide bonds. The minimum Gasteiger partial charge on any atom is -0.497 e. The second kappa shape index (κ2) is 5.08. The monoisotopic (exact) mass is 249 g/mol. The van der Waals surface area contributed by atoms with E-state index in [-0.39, 0.29) is 5.82 Å². The molecule has 4 nitrogen and oxygen atoms in total. The average Bonchev–Trinajstić information content (AvgIpc) is 2.69. The quantitative estimate of drug-likeness (QED) is 0.876. The second-order valence-electron chi connectivity index (χ2n) is 4.13. The van der Waals surface area contributed by atoms with E-state index in [2.05, 4.69) is 15.5 Å².